The first kappa shape index (κ1) is 24.2. The van der Waals surface area contributed by atoms with Crippen LogP contribution in [0.5, 0.6) is 5.75 Å². The molecule has 0 radical (unpaired) electrons. The molecular formula is C23H26BrN3O4S. The molecule has 1 saturated heterocycles. The molecule has 2 aromatic rings. The van der Waals surface area contributed by atoms with Crippen LogP contribution in [0, 0.1) is 0 Å². The molecule has 0 saturated carbocycles. The summed E-state index contributed by atoms with van der Waals surface area (Å²) in [6, 6.07) is 12.3. The van der Waals surface area contributed by atoms with Gasteiger partial charge in [-0.25, -0.2) is 0 Å². The van der Waals surface area contributed by atoms with E-state index in [1.165, 1.54) is 0 Å². The molecule has 0 aliphatic carbocycles. The molecule has 2 amide bonds. The predicted octanol–water partition coefficient (Wildman–Crippen LogP) is 4.23. The van der Waals surface area contributed by atoms with Crippen LogP contribution in [-0.2, 0) is 4.74 Å². The number of methoxy groups -OCH3 is 1. The van der Waals surface area contributed by atoms with Gasteiger partial charge in [-0.15, -0.1) is 0 Å². The summed E-state index contributed by atoms with van der Waals surface area (Å²) < 4.78 is 11.4. The van der Waals surface area contributed by atoms with Crippen LogP contribution >= 0.6 is 28.1 Å². The molecular weight excluding hydrogens is 494 g/mol. The molecule has 1 heterocycles. The fourth-order valence-electron chi connectivity index (χ4n) is 3.41. The van der Waals surface area contributed by atoms with Gasteiger partial charge in [0.05, 0.1) is 23.4 Å². The van der Waals surface area contributed by atoms with Crippen LogP contribution < -0.4 is 15.4 Å². The Labute approximate surface area is 201 Å². The molecule has 7 nitrogen and oxygen atoms in total. The third kappa shape index (κ3) is 6.51. The number of thiocarbonyl (C=S) groups is 1. The normalized spacial score (nSPS) is 13.4. The zero-order valence-corrected chi connectivity index (χ0v) is 20.3. The second kappa shape index (κ2) is 11.9. The van der Waals surface area contributed by atoms with Gasteiger partial charge >= 0.3 is 0 Å². The van der Waals surface area contributed by atoms with Gasteiger partial charge in [0.25, 0.3) is 11.8 Å². The van der Waals surface area contributed by atoms with E-state index in [1.54, 1.807) is 37.4 Å². The van der Waals surface area contributed by atoms with E-state index in [-0.39, 0.29) is 11.0 Å². The molecule has 0 unspecified atom stereocenters. The molecule has 0 atom stereocenters. The van der Waals surface area contributed by atoms with Gasteiger partial charge in [-0.1, -0.05) is 28.1 Å². The van der Waals surface area contributed by atoms with Crippen molar-refractivity contribution in [2.75, 3.05) is 38.7 Å². The molecule has 1 aliphatic rings. The van der Waals surface area contributed by atoms with Crippen molar-refractivity contribution in [3.8, 4) is 5.75 Å². The zero-order chi connectivity index (χ0) is 22.9. The van der Waals surface area contributed by atoms with Crippen LogP contribution in [0.4, 0.5) is 5.69 Å². The second-order valence-electron chi connectivity index (χ2n) is 7.29. The largest absolute Gasteiger partial charge is 0.490 e. The maximum absolute atomic E-state index is 13.0. The first-order valence-corrected chi connectivity index (χ1v) is 11.6. The van der Waals surface area contributed by atoms with Crippen molar-refractivity contribution in [1.29, 1.82) is 0 Å². The molecule has 0 bridgehead atoms. The van der Waals surface area contributed by atoms with Crippen molar-refractivity contribution in [3.05, 3.63) is 58.1 Å². The Balaban J connectivity index is 1.69. The topological polar surface area (TPSA) is 79.9 Å². The van der Waals surface area contributed by atoms with E-state index in [4.69, 9.17) is 21.7 Å². The number of benzene rings is 2. The average Bonchev–Trinajstić information content (AvgIpc) is 2.80. The minimum absolute atomic E-state index is 0.0391. The van der Waals surface area contributed by atoms with E-state index < -0.39 is 5.91 Å². The smallest absolute Gasteiger partial charge is 0.261 e. The molecule has 9 heteroatoms. The number of hydrogen-bond acceptors (Lipinski definition) is 5. The number of carbonyl (C=O) groups is 2. The quantitative estimate of drug-likeness (QED) is 0.421. The summed E-state index contributed by atoms with van der Waals surface area (Å²) in [7, 11) is 1.58. The van der Waals surface area contributed by atoms with Crippen molar-refractivity contribution in [1.82, 2.24) is 10.2 Å². The van der Waals surface area contributed by atoms with E-state index in [9.17, 15) is 9.59 Å². The number of nitrogens with one attached hydrogen (secondary N) is 2. The summed E-state index contributed by atoms with van der Waals surface area (Å²) in [5.41, 5.74) is 1.41. The average molecular weight is 520 g/mol. The first-order valence-electron chi connectivity index (χ1n) is 10.4. The fraction of sp³-hybridized carbons (Fsp3) is 0.348. The molecule has 1 fully saturated rings. The number of rotatable bonds is 7. The SMILES string of the molecule is COCCOc1ccc(Br)cc1C(=O)NC(=S)Nc1ccccc1C(=O)N1CCCCC1. The summed E-state index contributed by atoms with van der Waals surface area (Å²) in [5, 5.41) is 5.76. The van der Waals surface area contributed by atoms with Gasteiger partial charge in [-0.2, -0.15) is 0 Å². The van der Waals surface area contributed by atoms with Crippen LogP contribution in [0.15, 0.2) is 46.9 Å². The number of likely N-dealkylation sites (tertiary alicyclic amines) is 1. The van der Waals surface area contributed by atoms with Crippen molar-refractivity contribution in [3.63, 3.8) is 0 Å². The highest BCUT2D eigenvalue weighted by Crippen LogP contribution is 2.24. The van der Waals surface area contributed by atoms with Crippen LogP contribution in [0.2, 0.25) is 0 Å². The number of halogens is 1. The summed E-state index contributed by atoms with van der Waals surface area (Å²) in [6.45, 7) is 2.22. The highest BCUT2D eigenvalue weighted by molar-refractivity contribution is 9.10. The number of anilines is 1. The third-order valence-electron chi connectivity index (χ3n) is 5.01. The summed E-state index contributed by atoms with van der Waals surface area (Å²) in [4.78, 5) is 27.7. The van der Waals surface area contributed by atoms with Gasteiger partial charge in [-0.05, 0) is 61.8 Å². The summed E-state index contributed by atoms with van der Waals surface area (Å²) in [5.74, 6) is -0.0370. The van der Waals surface area contributed by atoms with Gasteiger partial charge in [0.2, 0.25) is 0 Å². The van der Waals surface area contributed by atoms with E-state index >= 15 is 0 Å². The van der Waals surface area contributed by atoms with Crippen LogP contribution in [0.1, 0.15) is 40.0 Å². The van der Waals surface area contributed by atoms with Gasteiger partial charge in [0.15, 0.2) is 5.11 Å². The Morgan fingerprint density at radius 2 is 1.81 bits per heavy atom. The van der Waals surface area contributed by atoms with Crippen LogP contribution in [0.3, 0.4) is 0 Å². The van der Waals surface area contributed by atoms with E-state index in [2.05, 4.69) is 26.6 Å². The number of amides is 2. The van der Waals surface area contributed by atoms with Gasteiger partial charge in [0.1, 0.15) is 12.4 Å². The monoisotopic (exact) mass is 519 g/mol. The molecule has 0 spiro atoms. The minimum Gasteiger partial charge on any atom is -0.490 e. The lowest BCUT2D eigenvalue weighted by atomic mass is 10.1. The maximum atomic E-state index is 13.0. The van der Waals surface area contributed by atoms with E-state index in [1.807, 2.05) is 17.0 Å². The first-order chi connectivity index (χ1) is 15.5. The van der Waals surface area contributed by atoms with Crippen LogP contribution in [0.25, 0.3) is 0 Å². The van der Waals surface area contributed by atoms with E-state index in [0.29, 0.717) is 35.8 Å². The third-order valence-corrected chi connectivity index (χ3v) is 5.70. The fourth-order valence-corrected chi connectivity index (χ4v) is 3.97. The second-order valence-corrected chi connectivity index (χ2v) is 8.61. The molecule has 2 N–H and O–H groups in total. The number of piperidine rings is 1. The number of para-hydroxylation sites is 1. The Bertz CT molecular complexity index is 979. The number of hydrogen-bond donors (Lipinski definition) is 2. The Morgan fingerprint density at radius 3 is 2.56 bits per heavy atom. The maximum Gasteiger partial charge on any atom is 0.261 e. The van der Waals surface area contributed by atoms with E-state index in [0.717, 1.165) is 36.8 Å². The predicted molar refractivity (Wildman–Crippen MR) is 131 cm³/mol. The highest BCUT2D eigenvalue weighted by Gasteiger charge is 2.21. The van der Waals surface area contributed by atoms with Crippen LogP contribution in [-0.4, -0.2) is 55.2 Å². The van der Waals surface area contributed by atoms with Gasteiger partial charge in [0, 0.05) is 24.7 Å². The lowest BCUT2D eigenvalue weighted by Crippen LogP contribution is -2.37. The van der Waals surface area contributed by atoms with Gasteiger partial charge < -0.3 is 19.7 Å². The minimum atomic E-state index is -0.420. The molecule has 3 rings (SSSR count). The lowest BCUT2D eigenvalue weighted by Gasteiger charge is -2.27. The molecule has 1 aliphatic heterocycles. The molecule has 0 aromatic heterocycles. The Hall–Kier alpha value is -2.49. The lowest BCUT2D eigenvalue weighted by molar-refractivity contribution is 0.0725. The standard InChI is InChI=1S/C23H26BrN3O4S/c1-30-13-14-31-20-10-9-16(24)15-18(20)21(28)26-23(32)25-19-8-4-3-7-17(19)22(29)27-11-5-2-6-12-27/h3-4,7-10,15H,2,5-6,11-14H2,1H3,(H2,25,26,28,32). The molecule has 32 heavy (non-hydrogen) atoms. The Morgan fingerprint density at radius 1 is 1.06 bits per heavy atom. The van der Waals surface area contributed by atoms with Crippen molar-refractivity contribution >= 4 is 50.8 Å². The molecule has 2 aromatic carbocycles. The number of carbonyl (C=O) groups excluding carboxylic acids is 2. The number of ether oxygens (including phenoxy) is 2. The van der Waals surface area contributed by atoms with Gasteiger partial charge in [-0.3, -0.25) is 14.9 Å². The van der Waals surface area contributed by atoms with Crippen molar-refractivity contribution in [2.24, 2.45) is 0 Å². The molecule has 170 valence electrons. The Kier molecular flexibility index (Phi) is 9.01. The van der Waals surface area contributed by atoms with Crippen molar-refractivity contribution < 1.29 is 19.1 Å². The summed E-state index contributed by atoms with van der Waals surface area (Å²) in [6.07, 6.45) is 3.17. The number of nitrogens with zero attached hydrogens (tertiary/aromatic N) is 1. The summed E-state index contributed by atoms with van der Waals surface area (Å²) >= 11 is 8.74. The zero-order valence-electron chi connectivity index (χ0n) is 17.9. The highest BCUT2D eigenvalue weighted by atomic mass is 79.9. The van der Waals surface area contributed by atoms with Crippen molar-refractivity contribution in [2.45, 2.75) is 19.3 Å².